The molecule has 0 fully saturated rings. The average molecular weight is 223 g/mol. The third kappa shape index (κ3) is 4.31. The molecule has 0 saturated heterocycles. The molecule has 0 aliphatic heterocycles. The lowest BCUT2D eigenvalue weighted by molar-refractivity contribution is 0.163. The van der Waals surface area contributed by atoms with Gasteiger partial charge in [-0.25, -0.2) is 0 Å². The predicted octanol–water partition coefficient (Wildman–Crippen LogP) is 1.60. The first kappa shape index (κ1) is 13.2. The molecule has 3 heteroatoms. The summed E-state index contributed by atoms with van der Waals surface area (Å²) in [6.07, 6.45) is -0.536. The second kappa shape index (κ2) is 5.43. The molecule has 0 aromatic heterocycles. The number of hydrogen-bond acceptors (Lipinski definition) is 3. The van der Waals surface area contributed by atoms with Gasteiger partial charge in [-0.2, -0.15) is 0 Å². The van der Waals surface area contributed by atoms with E-state index in [4.69, 9.17) is 5.11 Å². The molecule has 3 N–H and O–H groups in total. The van der Waals surface area contributed by atoms with Crippen LogP contribution in [0.25, 0.3) is 0 Å². The van der Waals surface area contributed by atoms with Crippen molar-refractivity contribution in [2.75, 3.05) is 6.54 Å². The maximum absolute atomic E-state index is 9.96. The van der Waals surface area contributed by atoms with Crippen molar-refractivity contribution in [3.63, 3.8) is 0 Å². The number of nitrogens with one attached hydrogen (secondary N) is 1. The van der Waals surface area contributed by atoms with Crippen LogP contribution in [0, 0.1) is 0 Å². The van der Waals surface area contributed by atoms with E-state index in [0.717, 1.165) is 11.1 Å². The van der Waals surface area contributed by atoms with Crippen molar-refractivity contribution in [1.29, 1.82) is 0 Å². The molecule has 16 heavy (non-hydrogen) atoms. The summed E-state index contributed by atoms with van der Waals surface area (Å²) >= 11 is 0. The van der Waals surface area contributed by atoms with Gasteiger partial charge < -0.3 is 15.5 Å². The van der Waals surface area contributed by atoms with E-state index in [0.29, 0.717) is 6.54 Å². The van der Waals surface area contributed by atoms with Gasteiger partial charge in [-0.05, 0) is 31.9 Å². The molecule has 90 valence electrons. The molecular formula is C13H21NO2. The fourth-order valence-corrected chi connectivity index (χ4v) is 1.42. The Morgan fingerprint density at radius 2 is 2.00 bits per heavy atom. The van der Waals surface area contributed by atoms with Gasteiger partial charge in [0, 0.05) is 12.1 Å². The first-order valence-electron chi connectivity index (χ1n) is 5.55. The van der Waals surface area contributed by atoms with Crippen LogP contribution in [0.2, 0.25) is 0 Å². The smallest absolute Gasteiger partial charge is 0.0914 e. The summed E-state index contributed by atoms with van der Waals surface area (Å²) < 4.78 is 0. The monoisotopic (exact) mass is 223 g/mol. The van der Waals surface area contributed by atoms with Crippen molar-refractivity contribution in [1.82, 2.24) is 5.32 Å². The average Bonchev–Trinajstić information content (AvgIpc) is 2.25. The van der Waals surface area contributed by atoms with E-state index in [1.165, 1.54) is 0 Å². The normalized spacial score (nSPS) is 13.8. The van der Waals surface area contributed by atoms with Crippen LogP contribution >= 0.6 is 0 Å². The highest BCUT2D eigenvalue weighted by Gasteiger charge is 2.13. The molecule has 0 aliphatic rings. The van der Waals surface area contributed by atoms with Crippen LogP contribution in [-0.2, 0) is 6.61 Å². The summed E-state index contributed by atoms with van der Waals surface area (Å²) in [7, 11) is 0. The van der Waals surface area contributed by atoms with Gasteiger partial charge >= 0.3 is 0 Å². The Balaban J connectivity index is 2.62. The first-order valence-corrected chi connectivity index (χ1v) is 5.55. The van der Waals surface area contributed by atoms with Gasteiger partial charge in [0.05, 0.1) is 12.7 Å². The summed E-state index contributed by atoms with van der Waals surface area (Å²) in [5.74, 6) is 0. The molecule has 3 nitrogen and oxygen atoms in total. The van der Waals surface area contributed by atoms with Crippen molar-refractivity contribution in [2.45, 2.75) is 39.0 Å². The first-order chi connectivity index (χ1) is 7.42. The van der Waals surface area contributed by atoms with Crippen LogP contribution in [0.5, 0.6) is 0 Å². The van der Waals surface area contributed by atoms with Crippen LogP contribution in [-0.4, -0.2) is 22.3 Å². The van der Waals surface area contributed by atoms with E-state index in [1.54, 1.807) is 0 Å². The standard InChI is InChI=1S/C13H21NO2/c1-13(2,3)14-8-12(16)11-6-4-5-10(7-11)9-15/h4-7,12,14-16H,8-9H2,1-3H3. The fraction of sp³-hybridized carbons (Fsp3) is 0.538. The van der Waals surface area contributed by atoms with Crippen molar-refractivity contribution in [3.8, 4) is 0 Å². The van der Waals surface area contributed by atoms with Crippen molar-refractivity contribution in [3.05, 3.63) is 35.4 Å². The molecule has 1 rings (SSSR count). The topological polar surface area (TPSA) is 52.5 Å². The van der Waals surface area contributed by atoms with Crippen LogP contribution in [0.1, 0.15) is 38.0 Å². The zero-order valence-electron chi connectivity index (χ0n) is 10.2. The molecule has 0 amide bonds. The van der Waals surface area contributed by atoms with Gasteiger partial charge in [0.15, 0.2) is 0 Å². The molecule has 1 aromatic carbocycles. The zero-order valence-corrected chi connectivity index (χ0v) is 10.2. The highest BCUT2D eigenvalue weighted by Crippen LogP contribution is 2.15. The molecule has 0 spiro atoms. The lowest BCUT2D eigenvalue weighted by Crippen LogP contribution is -2.38. The van der Waals surface area contributed by atoms with Crippen molar-refractivity contribution >= 4 is 0 Å². The fourth-order valence-electron chi connectivity index (χ4n) is 1.42. The van der Waals surface area contributed by atoms with E-state index in [2.05, 4.69) is 26.1 Å². The second-order valence-corrected chi connectivity index (χ2v) is 5.05. The van der Waals surface area contributed by atoms with Crippen LogP contribution in [0.15, 0.2) is 24.3 Å². The Kier molecular flexibility index (Phi) is 4.47. The molecule has 1 aromatic rings. The Morgan fingerprint density at radius 1 is 1.31 bits per heavy atom. The van der Waals surface area contributed by atoms with E-state index >= 15 is 0 Å². The lowest BCUT2D eigenvalue weighted by atomic mass is 10.0. The minimum atomic E-state index is -0.536. The highest BCUT2D eigenvalue weighted by molar-refractivity contribution is 5.24. The molecule has 0 saturated carbocycles. The lowest BCUT2D eigenvalue weighted by Gasteiger charge is -2.23. The van der Waals surface area contributed by atoms with E-state index < -0.39 is 6.10 Å². The summed E-state index contributed by atoms with van der Waals surface area (Å²) in [6, 6.07) is 7.39. The Hall–Kier alpha value is -0.900. The second-order valence-electron chi connectivity index (χ2n) is 5.05. The summed E-state index contributed by atoms with van der Waals surface area (Å²) in [4.78, 5) is 0. The highest BCUT2D eigenvalue weighted by atomic mass is 16.3. The molecule has 0 bridgehead atoms. The molecule has 1 unspecified atom stereocenters. The van der Waals surface area contributed by atoms with Gasteiger partial charge in [0.25, 0.3) is 0 Å². The van der Waals surface area contributed by atoms with Gasteiger partial charge in [0.2, 0.25) is 0 Å². The zero-order chi connectivity index (χ0) is 12.2. The maximum atomic E-state index is 9.96. The molecular weight excluding hydrogens is 202 g/mol. The minimum Gasteiger partial charge on any atom is -0.392 e. The van der Waals surface area contributed by atoms with Crippen LogP contribution in [0.4, 0.5) is 0 Å². The Labute approximate surface area is 97.1 Å². The maximum Gasteiger partial charge on any atom is 0.0914 e. The number of benzene rings is 1. The van der Waals surface area contributed by atoms with Crippen molar-refractivity contribution < 1.29 is 10.2 Å². The van der Waals surface area contributed by atoms with Gasteiger partial charge in [-0.15, -0.1) is 0 Å². The van der Waals surface area contributed by atoms with E-state index in [-0.39, 0.29) is 12.1 Å². The third-order valence-electron chi connectivity index (χ3n) is 2.34. The molecule has 0 radical (unpaired) electrons. The Morgan fingerprint density at radius 3 is 2.56 bits per heavy atom. The predicted molar refractivity (Wildman–Crippen MR) is 65.1 cm³/mol. The van der Waals surface area contributed by atoms with Gasteiger partial charge in [0.1, 0.15) is 0 Å². The molecule has 0 aliphatic carbocycles. The van der Waals surface area contributed by atoms with E-state index in [9.17, 15) is 5.11 Å². The third-order valence-corrected chi connectivity index (χ3v) is 2.34. The largest absolute Gasteiger partial charge is 0.392 e. The SMILES string of the molecule is CC(C)(C)NCC(O)c1cccc(CO)c1. The molecule has 0 heterocycles. The van der Waals surface area contributed by atoms with Crippen LogP contribution < -0.4 is 5.32 Å². The quantitative estimate of drug-likeness (QED) is 0.726. The van der Waals surface area contributed by atoms with Crippen molar-refractivity contribution in [2.24, 2.45) is 0 Å². The number of β-amino-alcohol motifs (C(OH)–C–C–N with tert-alkyl or cyclic N) is 1. The number of aliphatic hydroxyl groups is 2. The number of hydrogen-bond donors (Lipinski definition) is 3. The van der Waals surface area contributed by atoms with Gasteiger partial charge in [-0.1, -0.05) is 24.3 Å². The van der Waals surface area contributed by atoms with E-state index in [1.807, 2.05) is 24.3 Å². The molecule has 1 atom stereocenters. The Bertz CT molecular complexity index is 331. The van der Waals surface area contributed by atoms with Crippen LogP contribution in [0.3, 0.4) is 0 Å². The summed E-state index contributed by atoms with van der Waals surface area (Å²) in [5, 5.41) is 22.2. The summed E-state index contributed by atoms with van der Waals surface area (Å²) in [5.41, 5.74) is 1.66. The number of rotatable bonds is 4. The minimum absolute atomic E-state index is 0.00440. The summed E-state index contributed by atoms with van der Waals surface area (Å²) in [6.45, 7) is 6.70. The van der Waals surface area contributed by atoms with Gasteiger partial charge in [-0.3, -0.25) is 0 Å². The number of aliphatic hydroxyl groups excluding tert-OH is 2.